The van der Waals surface area contributed by atoms with Crippen molar-refractivity contribution in [3.8, 4) is 0 Å². The predicted molar refractivity (Wildman–Crippen MR) is 130 cm³/mol. The lowest BCUT2D eigenvalue weighted by atomic mass is 10.0. The summed E-state index contributed by atoms with van der Waals surface area (Å²) in [5.74, 6) is 0. The molecule has 0 radical (unpaired) electrons. The maximum Gasteiger partial charge on any atom is 0.416 e. The van der Waals surface area contributed by atoms with Gasteiger partial charge >= 0.3 is 6.18 Å². The maximum atomic E-state index is 12.9. The van der Waals surface area contributed by atoms with Crippen LogP contribution in [0.25, 0.3) is 0 Å². The first-order valence-electron chi connectivity index (χ1n) is 10.3. The average molecular weight is 456 g/mol. The fourth-order valence-corrected chi connectivity index (χ4v) is 2.43. The molecule has 0 heterocycles. The van der Waals surface area contributed by atoms with Gasteiger partial charge in [-0.2, -0.15) is 25.8 Å². The highest BCUT2D eigenvalue weighted by Gasteiger charge is 2.33. The van der Waals surface area contributed by atoms with E-state index in [1.165, 1.54) is 6.07 Å². The minimum atomic E-state index is -4.28. The number of para-hydroxylation sites is 1. The SMILES string of the molecule is CC=CS.CCNCCCNCc1ccc(C)cc1C(F)(F)F.Cc1ccccc1N. The Morgan fingerprint density at radius 2 is 1.65 bits per heavy atom. The summed E-state index contributed by atoms with van der Waals surface area (Å²) in [4.78, 5) is 0. The van der Waals surface area contributed by atoms with Gasteiger partial charge in [0, 0.05) is 12.2 Å². The summed E-state index contributed by atoms with van der Waals surface area (Å²) in [7, 11) is 0. The summed E-state index contributed by atoms with van der Waals surface area (Å²) in [5, 5.41) is 7.92. The van der Waals surface area contributed by atoms with Crippen LogP contribution in [0.5, 0.6) is 0 Å². The average Bonchev–Trinajstić information content (AvgIpc) is 2.73. The van der Waals surface area contributed by atoms with E-state index in [1.807, 2.05) is 51.1 Å². The van der Waals surface area contributed by atoms with Crippen molar-refractivity contribution in [1.82, 2.24) is 10.6 Å². The summed E-state index contributed by atoms with van der Waals surface area (Å²) in [6, 6.07) is 12.3. The molecule has 2 aromatic rings. The van der Waals surface area contributed by atoms with Gasteiger partial charge in [-0.05, 0) is 75.5 Å². The van der Waals surface area contributed by atoms with Gasteiger partial charge in [-0.15, -0.1) is 0 Å². The molecule has 0 unspecified atom stereocenters. The highest BCUT2D eigenvalue weighted by Crippen LogP contribution is 2.32. The zero-order chi connectivity index (χ0) is 23.7. The van der Waals surface area contributed by atoms with Crippen LogP contribution in [-0.4, -0.2) is 19.6 Å². The molecule has 0 spiro atoms. The highest BCUT2D eigenvalue weighted by molar-refractivity contribution is 7.83. The molecule has 7 heteroatoms. The Labute approximate surface area is 190 Å². The number of nitrogen functional groups attached to an aromatic ring is 1. The molecule has 0 bridgehead atoms. The van der Waals surface area contributed by atoms with Crippen molar-refractivity contribution in [3.63, 3.8) is 0 Å². The Bertz CT molecular complexity index is 737. The van der Waals surface area contributed by atoms with E-state index in [2.05, 4.69) is 23.3 Å². The number of nitrogens with one attached hydrogen (secondary N) is 2. The number of nitrogens with two attached hydrogens (primary N) is 1. The number of thiol groups is 1. The van der Waals surface area contributed by atoms with Gasteiger partial charge in [0.1, 0.15) is 0 Å². The minimum absolute atomic E-state index is 0.251. The van der Waals surface area contributed by atoms with E-state index < -0.39 is 11.7 Å². The van der Waals surface area contributed by atoms with Crippen LogP contribution in [0.3, 0.4) is 0 Å². The van der Waals surface area contributed by atoms with E-state index >= 15 is 0 Å². The topological polar surface area (TPSA) is 50.1 Å². The molecule has 2 rings (SSSR count). The van der Waals surface area contributed by atoms with Crippen LogP contribution in [0, 0.1) is 13.8 Å². The molecule has 3 nitrogen and oxygen atoms in total. The first kappa shape index (κ1) is 29.0. The zero-order valence-corrected chi connectivity index (χ0v) is 19.8. The monoisotopic (exact) mass is 455 g/mol. The second-order valence-corrected chi connectivity index (χ2v) is 7.18. The number of rotatable bonds is 7. The van der Waals surface area contributed by atoms with E-state index in [4.69, 9.17) is 5.73 Å². The molecule has 0 fully saturated rings. The lowest BCUT2D eigenvalue weighted by Crippen LogP contribution is -2.22. The molecule has 4 N–H and O–H groups in total. The first-order chi connectivity index (χ1) is 14.7. The van der Waals surface area contributed by atoms with E-state index in [9.17, 15) is 13.2 Å². The van der Waals surface area contributed by atoms with Crippen molar-refractivity contribution in [2.75, 3.05) is 25.4 Å². The van der Waals surface area contributed by atoms with Crippen LogP contribution in [0.1, 0.15) is 42.5 Å². The molecule has 0 aliphatic heterocycles. The summed E-state index contributed by atoms with van der Waals surface area (Å²) >= 11 is 3.74. The summed E-state index contributed by atoms with van der Waals surface area (Å²) < 4.78 is 38.6. The molecular weight excluding hydrogens is 419 g/mol. The largest absolute Gasteiger partial charge is 0.416 e. The van der Waals surface area contributed by atoms with Crippen LogP contribution in [-0.2, 0) is 12.7 Å². The van der Waals surface area contributed by atoms with Crippen LogP contribution in [0.4, 0.5) is 18.9 Å². The summed E-state index contributed by atoms with van der Waals surface area (Å²) in [6.07, 6.45) is -1.52. The van der Waals surface area contributed by atoms with Gasteiger partial charge in [-0.3, -0.25) is 0 Å². The van der Waals surface area contributed by atoms with E-state index in [0.29, 0.717) is 17.7 Å². The third kappa shape index (κ3) is 13.9. The number of anilines is 1. The van der Waals surface area contributed by atoms with Crippen molar-refractivity contribution in [2.24, 2.45) is 0 Å². The van der Waals surface area contributed by atoms with Crippen LogP contribution < -0.4 is 16.4 Å². The first-order valence-corrected chi connectivity index (χ1v) is 10.8. The molecule has 0 atom stereocenters. The number of halogens is 3. The van der Waals surface area contributed by atoms with Crippen molar-refractivity contribution in [2.45, 2.75) is 46.8 Å². The normalized spacial score (nSPS) is 10.8. The molecule has 0 saturated carbocycles. The molecule has 0 aliphatic carbocycles. The van der Waals surface area contributed by atoms with Gasteiger partial charge in [0.05, 0.1) is 5.56 Å². The van der Waals surface area contributed by atoms with Gasteiger partial charge in [0.25, 0.3) is 0 Å². The van der Waals surface area contributed by atoms with Crippen molar-refractivity contribution in [1.29, 1.82) is 0 Å². The van der Waals surface area contributed by atoms with Crippen LogP contribution >= 0.6 is 12.6 Å². The summed E-state index contributed by atoms with van der Waals surface area (Å²) in [6.45, 7) is 10.4. The predicted octanol–water partition coefficient (Wildman–Crippen LogP) is 6.13. The second-order valence-electron chi connectivity index (χ2n) is 6.88. The van der Waals surface area contributed by atoms with Crippen molar-refractivity contribution >= 4 is 18.3 Å². The molecule has 2 aromatic carbocycles. The fraction of sp³-hybridized carbons (Fsp3) is 0.417. The Morgan fingerprint density at radius 1 is 1.03 bits per heavy atom. The van der Waals surface area contributed by atoms with Gasteiger partial charge in [0.2, 0.25) is 0 Å². The molecule has 0 aromatic heterocycles. The number of alkyl halides is 3. The smallest absolute Gasteiger partial charge is 0.399 e. The van der Waals surface area contributed by atoms with Gasteiger partial charge in [-0.1, -0.05) is 48.9 Å². The standard InChI is InChI=1S/C14H21F3N2.C7H9N.C3H6S/c1-3-18-7-4-8-19-10-12-6-5-11(2)9-13(12)14(15,16)17;1-6-4-2-3-5-7(6)8;1-2-3-4/h5-6,9,18-19H,3-4,7-8,10H2,1-2H3;2-5H,8H2,1H3;2-4H,1H3. The Kier molecular flexibility index (Phi) is 15.6. The molecule has 0 saturated heterocycles. The fourth-order valence-electron chi connectivity index (χ4n) is 2.43. The lowest BCUT2D eigenvalue weighted by Gasteiger charge is -2.14. The lowest BCUT2D eigenvalue weighted by molar-refractivity contribution is -0.138. The number of allylic oxidation sites excluding steroid dienone is 1. The minimum Gasteiger partial charge on any atom is -0.399 e. The molecular formula is C24H36F3N3S. The third-order valence-electron chi connectivity index (χ3n) is 4.18. The van der Waals surface area contributed by atoms with Crippen molar-refractivity contribution in [3.05, 3.63) is 76.2 Å². The van der Waals surface area contributed by atoms with Crippen molar-refractivity contribution < 1.29 is 13.2 Å². The van der Waals surface area contributed by atoms with E-state index in [0.717, 1.165) is 30.8 Å². The van der Waals surface area contributed by atoms with Crippen LogP contribution in [0.2, 0.25) is 0 Å². The Balaban J connectivity index is 0.000000613. The summed E-state index contributed by atoms with van der Waals surface area (Å²) in [5.41, 5.74) is 7.93. The molecule has 0 aliphatic rings. The number of hydrogen-bond acceptors (Lipinski definition) is 4. The zero-order valence-electron chi connectivity index (χ0n) is 18.9. The van der Waals surface area contributed by atoms with Gasteiger partial charge in [0.15, 0.2) is 0 Å². The third-order valence-corrected chi connectivity index (χ3v) is 4.48. The number of hydrogen-bond donors (Lipinski definition) is 4. The van der Waals surface area contributed by atoms with E-state index in [1.54, 1.807) is 24.5 Å². The van der Waals surface area contributed by atoms with Gasteiger partial charge < -0.3 is 16.4 Å². The highest BCUT2D eigenvalue weighted by atomic mass is 32.1. The van der Waals surface area contributed by atoms with Crippen LogP contribution in [0.15, 0.2) is 53.9 Å². The molecule has 31 heavy (non-hydrogen) atoms. The maximum absolute atomic E-state index is 12.9. The van der Waals surface area contributed by atoms with E-state index in [-0.39, 0.29) is 6.54 Å². The quantitative estimate of drug-likeness (QED) is 0.231. The number of aryl methyl sites for hydroxylation is 2. The Morgan fingerprint density at radius 3 is 2.13 bits per heavy atom. The Hall–Kier alpha value is -1.96. The molecule has 0 amide bonds. The van der Waals surface area contributed by atoms with Gasteiger partial charge in [-0.25, -0.2) is 0 Å². The second kappa shape index (κ2) is 16.7. The molecule has 174 valence electrons. The number of benzene rings is 2.